The van der Waals surface area contributed by atoms with Crippen LogP contribution in [0.3, 0.4) is 0 Å². The van der Waals surface area contributed by atoms with Crippen molar-refractivity contribution in [1.29, 1.82) is 0 Å². The van der Waals surface area contributed by atoms with Gasteiger partial charge < -0.3 is 4.90 Å². The van der Waals surface area contributed by atoms with Crippen LogP contribution in [0.2, 0.25) is 0 Å². The van der Waals surface area contributed by atoms with Gasteiger partial charge in [-0.2, -0.15) is 0 Å². The van der Waals surface area contributed by atoms with Crippen LogP contribution in [0.4, 0.5) is 0 Å². The number of amides is 1. The summed E-state index contributed by atoms with van der Waals surface area (Å²) in [5.41, 5.74) is 1.08. The van der Waals surface area contributed by atoms with Gasteiger partial charge >= 0.3 is 0 Å². The highest BCUT2D eigenvalue weighted by Crippen LogP contribution is 2.41. The van der Waals surface area contributed by atoms with Crippen molar-refractivity contribution >= 4 is 17.7 Å². The molecule has 5 nitrogen and oxygen atoms in total. The molecular weight excluding hydrogens is 344 g/mol. The van der Waals surface area contributed by atoms with Gasteiger partial charge in [0.05, 0.1) is 5.25 Å². The van der Waals surface area contributed by atoms with E-state index < -0.39 is 0 Å². The van der Waals surface area contributed by atoms with Crippen molar-refractivity contribution in [3.05, 3.63) is 36.2 Å². The molecule has 2 aromatic rings. The molecule has 138 valence electrons. The van der Waals surface area contributed by atoms with Crippen LogP contribution in [0.15, 0.2) is 35.5 Å². The number of hydrogen-bond donors (Lipinski definition) is 0. The van der Waals surface area contributed by atoms with Crippen molar-refractivity contribution in [2.24, 2.45) is 5.92 Å². The van der Waals surface area contributed by atoms with E-state index in [2.05, 4.69) is 33.8 Å². The van der Waals surface area contributed by atoms with Crippen LogP contribution in [0.1, 0.15) is 51.3 Å². The molecule has 4 rings (SSSR count). The fourth-order valence-corrected chi connectivity index (χ4v) is 4.44. The standard InChI is InChI=1S/C20H26N4OS/c1-14-10-12-23(13-11-14)19(25)15(2)26-20-22-21-18(16-8-9-16)24(20)17-6-4-3-5-7-17/h3-7,14-16H,8-13H2,1-2H3. The minimum Gasteiger partial charge on any atom is -0.342 e. The number of carbonyl (C=O) groups is 1. The molecule has 2 heterocycles. The summed E-state index contributed by atoms with van der Waals surface area (Å²) in [6.45, 7) is 6.01. The van der Waals surface area contributed by atoms with E-state index in [9.17, 15) is 4.79 Å². The molecule has 26 heavy (non-hydrogen) atoms. The van der Waals surface area contributed by atoms with Crippen LogP contribution >= 0.6 is 11.8 Å². The van der Waals surface area contributed by atoms with Crippen LogP contribution in [-0.4, -0.2) is 43.9 Å². The SMILES string of the molecule is CC1CCN(C(=O)C(C)Sc2nnc(C3CC3)n2-c2ccccc2)CC1. The maximum Gasteiger partial charge on any atom is 0.235 e. The Morgan fingerprint density at radius 2 is 1.81 bits per heavy atom. The van der Waals surface area contributed by atoms with E-state index in [0.29, 0.717) is 5.92 Å². The van der Waals surface area contributed by atoms with Gasteiger partial charge in [-0.25, -0.2) is 0 Å². The van der Waals surface area contributed by atoms with Crippen molar-refractivity contribution in [3.63, 3.8) is 0 Å². The summed E-state index contributed by atoms with van der Waals surface area (Å²) in [5.74, 6) is 2.48. The third-order valence-corrected chi connectivity index (χ3v) is 6.37. The van der Waals surface area contributed by atoms with E-state index in [1.165, 1.54) is 24.6 Å². The van der Waals surface area contributed by atoms with Crippen LogP contribution in [-0.2, 0) is 4.79 Å². The second-order valence-electron chi connectivity index (χ2n) is 7.55. The number of para-hydroxylation sites is 1. The summed E-state index contributed by atoms with van der Waals surface area (Å²) in [6, 6.07) is 10.2. The normalized spacial score (nSPS) is 19.5. The summed E-state index contributed by atoms with van der Waals surface area (Å²) < 4.78 is 2.14. The number of carbonyl (C=O) groups excluding carboxylic acids is 1. The van der Waals surface area contributed by atoms with Crippen LogP contribution in [0.25, 0.3) is 5.69 Å². The van der Waals surface area contributed by atoms with E-state index >= 15 is 0 Å². The molecule has 1 atom stereocenters. The lowest BCUT2D eigenvalue weighted by Crippen LogP contribution is -2.41. The van der Waals surface area contributed by atoms with E-state index in [4.69, 9.17) is 0 Å². The second kappa shape index (κ2) is 7.43. The topological polar surface area (TPSA) is 51.0 Å². The fraction of sp³-hybridized carbons (Fsp3) is 0.550. The van der Waals surface area contributed by atoms with E-state index in [0.717, 1.165) is 48.5 Å². The minimum atomic E-state index is -0.151. The van der Waals surface area contributed by atoms with Crippen LogP contribution in [0.5, 0.6) is 0 Å². The number of piperidine rings is 1. The summed E-state index contributed by atoms with van der Waals surface area (Å²) in [6.07, 6.45) is 4.57. The van der Waals surface area contributed by atoms with Crippen LogP contribution < -0.4 is 0 Å². The first-order valence-electron chi connectivity index (χ1n) is 9.59. The first-order chi connectivity index (χ1) is 12.6. The van der Waals surface area contributed by atoms with Gasteiger partial charge in [-0.05, 0) is 50.7 Å². The Morgan fingerprint density at radius 3 is 2.46 bits per heavy atom. The van der Waals surface area contributed by atoms with E-state index in [1.807, 2.05) is 30.0 Å². The first kappa shape index (κ1) is 17.6. The Labute approximate surface area is 159 Å². The third kappa shape index (κ3) is 3.65. The van der Waals surface area contributed by atoms with Gasteiger partial charge in [-0.1, -0.05) is 36.9 Å². The van der Waals surface area contributed by atoms with Gasteiger partial charge in [0.15, 0.2) is 5.16 Å². The van der Waals surface area contributed by atoms with Crippen molar-refractivity contribution in [1.82, 2.24) is 19.7 Å². The molecule has 1 aliphatic carbocycles. The molecule has 1 saturated heterocycles. The minimum absolute atomic E-state index is 0.151. The number of thioether (sulfide) groups is 1. The van der Waals surface area contributed by atoms with Gasteiger partial charge in [0.1, 0.15) is 5.82 Å². The van der Waals surface area contributed by atoms with Crippen molar-refractivity contribution in [3.8, 4) is 5.69 Å². The lowest BCUT2D eigenvalue weighted by atomic mass is 9.99. The van der Waals surface area contributed by atoms with Crippen molar-refractivity contribution < 1.29 is 4.79 Å². The first-order valence-corrected chi connectivity index (χ1v) is 10.5. The highest BCUT2D eigenvalue weighted by atomic mass is 32.2. The molecule has 1 saturated carbocycles. The zero-order chi connectivity index (χ0) is 18.1. The zero-order valence-electron chi connectivity index (χ0n) is 15.5. The molecule has 1 aromatic heterocycles. The molecule has 0 bridgehead atoms. The number of likely N-dealkylation sites (tertiary alicyclic amines) is 1. The molecule has 6 heteroatoms. The Balaban J connectivity index is 1.53. The smallest absolute Gasteiger partial charge is 0.235 e. The highest BCUT2D eigenvalue weighted by molar-refractivity contribution is 8.00. The lowest BCUT2D eigenvalue weighted by Gasteiger charge is -2.32. The summed E-state index contributed by atoms with van der Waals surface area (Å²) in [5, 5.41) is 9.57. The number of benzene rings is 1. The monoisotopic (exact) mass is 370 g/mol. The Bertz CT molecular complexity index is 763. The number of nitrogens with zero attached hydrogens (tertiary/aromatic N) is 4. The van der Waals surface area contributed by atoms with Gasteiger partial charge in [-0.3, -0.25) is 9.36 Å². The number of rotatable bonds is 5. The maximum absolute atomic E-state index is 12.9. The zero-order valence-corrected chi connectivity index (χ0v) is 16.3. The van der Waals surface area contributed by atoms with E-state index in [1.54, 1.807) is 0 Å². The molecule has 2 fully saturated rings. The summed E-state index contributed by atoms with van der Waals surface area (Å²) >= 11 is 1.53. The Kier molecular flexibility index (Phi) is 5.02. The fourth-order valence-electron chi connectivity index (χ4n) is 3.48. The third-order valence-electron chi connectivity index (χ3n) is 5.34. The van der Waals surface area contributed by atoms with Crippen LogP contribution in [0, 0.1) is 5.92 Å². The summed E-state index contributed by atoms with van der Waals surface area (Å²) in [7, 11) is 0. The Hall–Kier alpha value is -1.82. The second-order valence-corrected chi connectivity index (χ2v) is 8.86. The average Bonchev–Trinajstić information content (AvgIpc) is 3.43. The van der Waals surface area contributed by atoms with Crippen molar-refractivity contribution in [2.45, 2.75) is 55.9 Å². The molecule has 1 aromatic carbocycles. The highest BCUT2D eigenvalue weighted by Gasteiger charge is 2.32. The number of aromatic nitrogens is 3. The van der Waals surface area contributed by atoms with Crippen molar-refractivity contribution in [2.75, 3.05) is 13.1 Å². The van der Waals surface area contributed by atoms with Gasteiger partial charge in [0.2, 0.25) is 5.91 Å². The average molecular weight is 371 g/mol. The quantitative estimate of drug-likeness (QED) is 0.750. The lowest BCUT2D eigenvalue weighted by molar-refractivity contribution is -0.131. The molecule has 1 amide bonds. The molecular formula is C20H26N4OS. The van der Waals surface area contributed by atoms with Gasteiger partial charge in [0.25, 0.3) is 0 Å². The predicted octanol–water partition coefficient (Wildman–Crippen LogP) is 3.88. The van der Waals surface area contributed by atoms with E-state index in [-0.39, 0.29) is 11.2 Å². The molecule has 1 aliphatic heterocycles. The molecule has 0 spiro atoms. The summed E-state index contributed by atoms with van der Waals surface area (Å²) in [4.78, 5) is 14.9. The molecule has 2 aliphatic rings. The van der Waals surface area contributed by atoms with Gasteiger partial charge in [0, 0.05) is 24.7 Å². The molecule has 1 unspecified atom stereocenters. The Morgan fingerprint density at radius 1 is 1.12 bits per heavy atom. The maximum atomic E-state index is 12.9. The van der Waals surface area contributed by atoms with Gasteiger partial charge in [-0.15, -0.1) is 10.2 Å². The molecule has 0 N–H and O–H groups in total. The number of hydrogen-bond acceptors (Lipinski definition) is 4. The largest absolute Gasteiger partial charge is 0.342 e. The molecule has 0 radical (unpaired) electrons. The predicted molar refractivity (Wildman–Crippen MR) is 104 cm³/mol.